The first kappa shape index (κ1) is 31.0. The number of rotatable bonds is 9. The summed E-state index contributed by atoms with van der Waals surface area (Å²) >= 11 is 18.1. The predicted octanol–water partition coefficient (Wildman–Crippen LogP) is 13.9. The molecule has 4 heteroatoms. The van der Waals surface area contributed by atoms with E-state index in [1.54, 1.807) is 0 Å². The molecule has 6 saturated carbocycles. The van der Waals surface area contributed by atoms with E-state index in [1.165, 1.54) is 160 Å². The van der Waals surface area contributed by atoms with Crippen LogP contribution in [0.2, 0.25) is 0 Å². The van der Waals surface area contributed by atoms with Gasteiger partial charge in [0.15, 0.2) is 0 Å². The van der Waals surface area contributed by atoms with Gasteiger partial charge in [-0.2, -0.15) is 0 Å². The van der Waals surface area contributed by atoms with Crippen molar-refractivity contribution in [3.05, 3.63) is 41.0 Å². The molecule has 1 aromatic rings. The van der Waals surface area contributed by atoms with E-state index >= 15 is 0 Å². The Bertz CT molecular complexity index is 1020. The number of benzene rings is 1. The van der Waals surface area contributed by atoms with Crippen molar-refractivity contribution in [1.82, 2.24) is 0 Å². The van der Waals surface area contributed by atoms with Gasteiger partial charge in [0.25, 0.3) is 0 Å². The summed E-state index contributed by atoms with van der Waals surface area (Å²) < 4.78 is -0.182. The average molecular weight is 649 g/mol. The van der Waals surface area contributed by atoms with Crippen LogP contribution in [-0.2, 0) is 0 Å². The van der Waals surface area contributed by atoms with Crippen LogP contribution in [0.5, 0.6) is 0 Å². The maximum absolute atomic E-state index is 9.55. The molecule has 6 aliphatic carbocycles. The molecular weight excluding hydrogens is 589 g/mol. The summed E-state index contributed by atoms with van der Waals surface area (Å²) in [7, 11) is -1.60. The van der Waals surface area contributed by atoms with E-state index in [0.29, 0.717) is 11.3 Å². The van der Waals surface area contributed by atoms with E-state index in [1.807, 2.05) is 5.06 Å². The Labute approximate surface area is 269 Å². The summed E-state index contributed by atoms with van der Waals surface area (Å²) in [5.41, 5.74) is 5.54. The second-order valence-electron chi connectivity index (χ2n) is 15.7. The first-order valence-corrected chi connectivity index (χ1v) is 24.3. The molecule has 234 valence electrons. The second-order valence-corrected chi connectivity index (χ2v) is 28.7. The van der Waals surface area contributed by atoms with Gasteiger partial charge in [-0.1, -0.05) is 0 Å². The van der Waals surface area contributed by atoms with Crippen LogP contribution in [0.3, 0.4) is 0 Å². The van der Waals surface area contributed by atoms with Gasteiger partial charge in [-0.25, -0.2) is 0 Å². The fraction of sp³-hybridized carbons (Fsp3) is 0.789. The molecule has 0 nitrogen and oxygen atoms in total. The summed E-state index contributed by atoms with van der Waals surface area (Å²) in [6, 6.07) is 11.7. The van der Waals surface area contributed by atoms with E-state index < -0.39 is 13.2 Å². The molecule has 0 spiro atoms. The number of hydrogen-bond donors (Lipinski definition) is 0. The average Bonchev–Trinajstić information content (AvgIpc) is 3.87. The third kappa shape index (κ3) is 4.63. The molecule has 0 unspecified atom stereocenters. The standard InChI is InChI=1S/C38H59Cl2P2/c39-38(28-14-15-29-38)42(40,35-24-10-11-25-35,36-26-12-13-27-36)37(30-31-16-2-1-3-17-31)41(32-18-4-5-19-32,33-20-6-7-21-33)34-22-8-9-23-34/h1-3,16-17,30,32-36H,4-15,18-29H2/q+1. The fourth-order valence-electron chi connectivity index (χ4n) is 12.5. The van der Waals surface area contributed by atoms with Crippen molar-refractivity contribution in [2.75, 3.05) is 0 Å². The van der Waals surface area contributed by atoms with E-state index in [4.69, 9.17) is 11.6 Å². The Morgan fingerprint density at radius 2 is 0.976 bits per heavy atom. The molecule has 0 heterocycles. The maximum atomic E-state index is 9.55. The molecule has 42 heavy (non-hydrogen) atoms. The number of hydrogen-bond acceptors (Lipinski definition) is 0. The van der Waals surface area contributed by atoms with Gasteiger partial charge in [0.1, 0.15) is 0 Å². The van der Waals surface area contributed by atoms with Crippen LogP contribution in [0.25, 0.3) is 6.08 Å². The third-order valence-corrected chi connectivity index (χ3v) is 34.7. The first-order chi connectivity index (χ1) is 20.5. The van der Waals surface area contributed by atoms with Gasteiger partial charge in [-0.15, -0.1) is 0 Å². The zero-order valence-electron chi connectivity index (χ0n) is 26.5. The normalized spacial score (nSPS) is 28.7. The molecule has 6 fully saturated rings. The van der Waals surface area contributed by atoms with Crippen molar-refractivity contribution in [1.29, 1.82) is 0 Å². The Hall–Kier alpha value is 0.400. The van der Waals surface area contributed by atoms with Crippen LogP contribution >= 0.6 is 36.1 Å². The minimum atomic E-state index is -3.17. The molecule has 0 radical (unpaired) electrons. The Kier molecular flexibility index (Phi) is 9.26. The molecule has 7 rings (SSSR count). The van der Waals surface area contributed by atoms with E-state index in [-0.39, 0.29) is 4.62 Å². The molecule has 0 atom stereocenters. The monoisotopic (exact) mass is 647 g/mol. The van der Waals surface area contributed by atoms with Crippen molar-refractivity contribution < 1.29 is 0 Å². The van der Waals surface area contributed by atoms with Gasteiger partial charge < -0.3 is 0 Å². The van der Waals surface area contributed by atoms with E-state index in [9.17, 15) is 11.2 Å². The fourth-order valence-corrected chi connectivity index (χ4v) is 37.2. The van der Waals surface area contributed by atoms with Gasteiger partial charge in [0.05, 0.1) is 0 Å². The quantitative estimate of drug-likeness (QED) is 0.185. The Morgan fingerprint density at radius 3 is 1.38 bits per heavy atom. The summed E-state index contributed by atoms with van der Waals surface area (Å²) in [4.78, 5) is 0. The van der Waals surface area contributed by atoms with Crippen molar-refractivity contribution in [3.63, 3.8) is 0 Å². The number of alkyl halides is 1. The van der Waals surface area contributed by atoms with E-state index in [2.05, 4.69) is 36.4 Å². The molecule has 0 saturated heterocycles. The summed E-state index contributed by atoms with van der Waals surface area (Å²) in [6.45, 7) is 0. The van der Waals surface area contributed by atoms with Crippen LogP contribution in [-0.4, -0.2) is 32.9 Å². The minimum absolute atomic E-state index is 0.182. The Morgan fingerprint density at radius 1 is 0.595 bits per heavy atom. The van der Waals surface area contributed by atoms with Gasteiger partial charge >= 0.3 is 270 Å². The van der Waals surface area contributed by atoms with Crippen LogP contribution in [0, 0.1) is 0 Å². The first-order valence-electron chi connectivity index (χ1n) is 18.6. The molecule has 1 aromatic carbocycles. The van der Waals surface area contributed by atoms with Crippen molar-refractivity contribution in [3.8, 4) is 0 Å². The zero-order valence-corrected chi connectivity index (χ0v) is 29.8. The van der Waals surface area contributed by atoms with Crippen molar-refractivity contribution in [2.24, 2.45) is 0 Å². The molecule has 0 amide bonds. The van der Waals surface area contributed by atoms with Gasteiger partial charge in [0, 0.05) is 0 Å². The Balaban J connectivity index is 1.60. The molecule has 0 aliphatic heterocycles. The van der Waals surface area contributed by atoms with Crippen molar-refractivity contribution in [2.45, 2.75) is 187 Å². The SMILES string of the molecule is ClC1(P(Cl)(C(=Cc2ccccc2)[P+](C2CCCC2)(C2CCCC2)C2CCCC2)(C2CCCC2)C2CCCC2)CCCC1. The van der Waals surface area contributed by atoms with Crippen LogP contribution < -0.4 is 0 Å². The van der Waals surface area contributed by atoms with Gasteiger partial charge in [-0.05, 0) is 0 Å². The molecule has 0 N–H and O–H groups in total. The molecule has 6 aliphatic rings. The van der Waals surface area contributed by atoms with E-state index in [0.717, 1.165) is 17.0 Å². The summed E-state index contributed by atoms with van der Waals surface area (Å²) in [6.07, 6.45) is 36.5. The summed E-state index contributed by atoms with van der Waals surface area (Å²) in [5, 5.41) is 1.99. The zero-order chi connectivity index (χ0) is 28.7. The van der Waals surface area contributed by atoms with Gasteiger partial charge in [0.2, 0.25) is 0 Å². The predicted molar refractivity (Wildman–Crippen MR) is 192 cm³/mol. The van der Waals surface area contributed by atoms with Crippen LogP contribution in [0.1, 0.15) is 160 Å². The third-order valence-electron chi connectivity index (χ3n) is 14.0. The van der Waals surface area contributed by atoms with Crippen LogP contribution in [0.15, 0.2) is 35.4 Å². The molecule has 0 bridgehead atoms. The van der Waals surface area contributed by atoms with Crippen molar-refractivity contribution >= 4 is 42.1 Å². The molecular formula is C38H59Cl2P2+. The topological polar surface area (TPSA) is 0 Å². The molecule has 0 aromatic heterocycles. The van der Waals surface area contributed by atoms with Crippen LogP contribution in [0.4, 0.5) is 0 Å². The summed E-state index contributed by atoms with van der Waals surface area (Å²) in [5.74, 6) is -3.17. The number of halogens is 2. The van der Waals surface area contributed by atoms with Gasteiger partial charge in [-0.3, -0.25) is 0 Å². The second kappa shape index (κ2) is 12.5.